The van der Waals surface area contributed by atoms with Crippen LogP contribution in [0.25, 0.3) is 10.9 Å². The van der Waals surface area contributed by atoms with Gasteiger partial charge in [-0.05, 0) is 37.3 Å². The van der Waals surface area contributed by atoms with E-state index in [9.17, 15) is 13.6 Å². The van der Waals surface area contributed by atoms with Crippen LogP contribution in [0.15, 0.2) is 47.3 Å². The van der Waals surface area contributed by atoms with Gasteiger partial charge in [-0.1, -0.05) is 12.1 Å². The Morgan fingerprint density at radius 2 is 1.96 bits per heavy atom. The Bertz CT molecular complexity index is 908. The third-order valence-electron chi connectivity index (χ3n) is 3.80. The van der Waals surface area contributed by atoms with Crippen LogP contribution in [0.4, 0.5) is 8.78 Å². The van der Waals surface area contributed by atoms with Gasteiger partial charge in [0.1, 0.15) is 12.6 Å². The molecule has 0 aliphatic carbocycles. The Balaban J connectivity index is 1.77. The van der Waals surface area contributed by atoms with E-state index in [0.29, 0.717) is 28.8 Å². The van der Waals surface area contributed by atoms with Gasteiger partial charge >= 0.3 is 0 Å². The number of H-pyrrole nitrogens is 1. The molecule has 3 rings (SSSR count). The molecule has 1 atom stereocenters. The summed E-state index contributed by atoms with van der Waals surface area (Å²) in [6, 6.07) is 10.9. The molecule has 0 unspecified atom stereocenters. The lowest BCUT2D eigenvalue weighted by Crippen LogP contribution is -2.83. The minimum Gasteiger partial charge on any atom is -0.334 e. The monoisotopic (exact) mass is 316 g/mol. The van der Waals surface area contributed by atoms with Crippen molar-refractivity contribution in [3.63, 3.8) is 0 Å². The lowest BCUT2D eigenvalue weighted by molar-refractivity contribution is -0.708. The highest BCUT2D eigenvalue weighted by atomic mass is 19.2. The zero-order chi connectivity index (χ0) is 16.4. The van der Waals surface area contributed by atoms with Crippen LogP contribution in [0.2, 0.25) is 0 Å². The van der Waals surface area contributed by atoms with Crippen molar-refractivity contribution < 1.29 is 14.1 Å². The van der Waals surface area contributed by atoms with Crippen LogP contribution in [-0.4, -0.2) is 9.97 Å². The van der Waals surface area contributed by atoms with Crippen molar-refractivity contribution in [2.75, 3.05) is 0 Å². The average molecular weight is 316 g/mol. The summed E-state index contributed by atoms with van der Waals surface area (Å²) in [5, 5.41) is 2.45. The van der Waals surface area contributed by atoms with Crippen LogP contribution in [0.3, 0.4) is 0 Å². The van der Waals surface area contributed by atoms with E-state index in [1.807, 2.05) is 18.3 Å². The van der Waals surface area contributed by atoms with E-state index in [1.165, 1.54) is 6.07 Å². The average Bonchev–Trinajstić information content (AvgIpc) is 2.55. The number of aromatic nitrogens is 2. The first kappa shape index (κ1) is 15.3. The maximum atomic E-state index is 13.3. The van der Waals surface area contributed by atoms with Crippen LogP contribution in [-0.2, 0) is 6.54 Å². The van der Waals surface area contributed by atoms with Gasteiger partial charge in [0, 0.05) is 5.56 Å². The molecule has 0 aliphatic rings. The largest absolute Gasteiger partial charge is 0.334 e. The summed E-state index contributed by atoms with van der Waals surface area (Å²) in [7, 11) is 0. The number of nitrogens with zero attached hydrogens (tertiary/aromatic N) is 1. The maximum absolute atomic E-state index is 13.3. The van der Waals surface area contributed by atoms with Gasteiger partial charge in [0.05, 0.1) is 10.9 Å². The molecular weight excluding hydrogens is 300 g/mol. The Hall–Kier alpha value is -2.60. The number of halogens is 2. The zero-order valence-corrected chi connectivity index (χ0v) is 12.5. The second-order valence-electron chi connectivity index (χ2n) is 5.43. The highest BCUT2D eigenvalue weighted by molar-refractivity contribution is 5.77. The second kappa shape index (κ2) is 6.26. The number of rotatable bonds is 4. The van der Waals surface area contributed by atoms with Gasteiger partial charge in [0.2, 0.25) is 0 Å². The first-order valence-electron chi connectivity index (χ1n) is 7.31. The van der Waals surface area contributed by atoms with E-state index in [0.717, 1.165) is 6.07 Å². The number of hydrogen-bond acceptors (Lipinski definition) is 2. The molecule has 23 heavy (non-hydrogen) atoms. The second-order valence-corrected chi connectivity index (χ2v) is 5.43. The molecule has 0 fully saturated rings. The maximum Gasteiger partial charge on any atom is 0.258 e. The molecule has 1 aromatic heterocycles. The molecule has 3 N–H and O–H groups in total. The molecule has 4 nitrogen and oxygen atoms in total. The van der Waals surface area contributed by atoms with Crippen LogP contribution in [0.5, 0.6) is 0 Å². The molecule has 2 aromatic carbocycles. The molecule has 0 spiro atoms. The normalized spacial score (nSPS) is 12.5. The molecule has 3 aromatic rings. The van der Waals surface area contributed by atoms with Gasteiger partial charge < -0.3 is 10.3 Å². The molecule has 6 heteroatoms. The molecule has 1 heterocycles. The fraction of sp³-hybridized carbons (Fsp3) is 0.176. The van der Waals surface area contributed by atoms with Gasteiger partial charge in [0.15, 0.2) is 17.5 Å². The van der Waals surface area contributed by atoms with Crippen LogP contribution in [0.1, 0.15) is 24.4 Å². The summed E-state index contributed by atoms with van der Waals surface area (Å²) in [6.45, 7) is 2.31. The highest BCUT2D eigenvalue weighted by Crippen LogP contribution is 2.13. The quantitative estimate of drug-likeness (QED) is 0.773. The van der Waals surface area contributed by atoms with Crippen molar-refractivity contribution in [3.05, 3.63) is 75.8 Å². The van der Waals surface area contributed by atoms with E-state index in [1.54, 1.807) is 24.3 Å². The van der Waals surface area contributed by atoms with E-state index >= 15 is 0 Å². The van der Waals surface area contributed by atoms with Crippen molar-refractivity contribution in [2.45, 2.75) is 19.5 Å². The summed E-state index contributed by atoms with van der Waals surface area (Å²) in [4.78, 5) is 19.2. The molecule has 0 aliphatic heterocycles. The molecule has 0 saturated heterocycles. The number of quaternary nitrogens is 1. The Labute approximate surface area is 131 Å². The highest BCUT2D eigenvalue weighted by Gasteiger charge is 2.13. The number of benzene rings is 2. The van der Waals surface area contributed by atoms with Crippen molar-refractivity contribution >= 4 is 10.9 Å². The van der Waals surface area contributed by atoms with Crippen LogP contribution >= 0.6 is 0 Å². The van der Waals surface area contributed by atoms with Crippen molar-refractivity contribution in [1.82, 2.24) is 9.97 Å². The van der Waals surface area contributed by atoms with Crippen molar-refractivity contribution in [3.8, 4) is 0 Å². The minimum atomic E-state index is -0.861. The van der Waals surface area contributed by atoms with E-state index in [-0.39, 0.29) is 11.6 Å². The van der Waals surface area contributed by atoms with E-state index < -0.39 is 11.6 Å². The third-order valence-corrected chi connectivity index (χ3v) is 3.80. The number of nitrogens with two attached hydrogens (primary N) is 1. The number of fused-ring (bicyclic) bond motifs is 1. The molecule has 0 amide bonds. The number of hydrogen-bond donors (Lipinski definition) is 2. The van der Waals surface area contributed by atoms with Crippen molar-refractivity contribution in [2.24, 2.45) is 0 Å². The van der Waals surface area contributed by atoms with Gasteiger partial charge in [0.25, 0.3) is 5.56 Å². The summed E-state index contributed by atoms with van der Waals surface area (Å²) in [6.07, 6.45) is 0. The van der Waals surface area contributed by atoms with Crippen LogP contribution in [0, 0.1) is 11.6 Å². The fourth-order valence-corrected chi connectivity index (χ4v) is 2.45. The number of aromatic amines is 1. The summed E-state index contributed by atoms with van der Waals surface area (Å²) in [5.74, 6) is -1.18. The lowest BCUT2D eigenvalue weighted by Gasteiger charge is -2.11. The van der Waals surface area contributed by atoms with E-state index in [4.69, 9.17) is 0 Å². The number of nitrogens with one attached hydrogen (secondary N) is 1. The van der Waals surface area contributed by atoms with E-state index in [2.05, 4.69) is 9.97 Å². The van der Waals surface area contributed by atoms with Crippen LogP contribution < -0.4 is 10.9 Å². The van der Waals surface area contributed by atoms with Gasteiger partial charge in [-0.25, -0.2) is 13.8 Å². The SMILES string of the molecule is C[C@@H]([NH2+]Cc1nc2ccccc2c(=O)[nH]1)c1ccc(F)c(F)c1. The first-order chi connectivity index (χ1) is 11.0. The molecule has 118 valence electrons. The predicted molar refractivity (Wildman–Crippen MR) is 82.8 cm³/mol. The predicted octanol–water partition coefficient (Wildman–Crippen LogP) is 2.03. The molecule has 0 bridgehead atoms. The number of para-hydroxylation sites is 1. The topological polar surface area (TPSA) is 62.4 Å². The van der Waals surface area contributed by atoms with Gasteiger partial charge in [-0.3, -0.25) is 4.79 Å². The Kier molecular flexibility index (Phi) is 4.16. The molecular formula is C17H16F2N3O+. The summed E-state index contributed by atoms with van der Waals surface area (Å²) >= 11 is 0. The Morgan fingerprint density at radius 1 is 1.17 bits per heavy atom. The Morgan fingerprint density at radius 3 is 2.74 bits per heavy atom. The smallest absolute Gasteiger partial charge is 0.258 e. The van der Waals surface area contributed by atoms with Gasteiger partial charge in [-0.15, -0.1) is 0 Å². The minimum absolute atomic E-state index is 0.0955. The van der Waals surface area contributed by atoms with Crippen molar-refractivity contribution in [1.29, 1.82) is 0 Å². The first-order valence-corrected chi connectivity index (χ1v) is 7.31. The zero-order valence-electron chi connectivity index (χ0n) is 12.5. The molecule has 0 saturated carbocycles. The lowest BCUT2D eigenvalue weighted by atomic mass is 10.1. The fourth-order valence-electron chi connectivity index (χ4n) is 2.45. The summed E-state index contributed by atoms with van der Waals surface area (Å²) < 4.78 is 26.3. The summed E-state index contributed by atoms with van der Waals surface area (Å²) in [5.41, 5.74) is 1.13. The standard InChI is InChI=1S/C17H15F2N3O/c1-10(11-6-7-13(18)14(19)8-11)20-9-16-21-15-5-3-2-4-12(15)17(23)22-16/h2-8,10,20H,9H2,1H3,(H,21,22,23)/p+1/t10-/m1/s1. The third kappa shape index (κ3) is 3.27. The molecule has 0 radical (unpaired) electrons. The van der Waals surface area contributed by atoms with Gasteiger partial charge in [-0.2, -0.15) is 0 Å².